The highest BCUT2D eigenvalue weighted by Crippen LogP contribution is 2.33. The van der Waals surface area contributed by atoms with Crippen LogP contribution in [0.2, 0.25) is 0 Å². The minimum atomic E-state index is 0.0497. The first kappa shape index (κ1) is 18.6. The molecule has 1 fully saturated rings. The monoisotopic (exact) mass is 333 g/mol. The van der Waals surface area contributed by atoms with Crippen LogP contribution in [0.1, 0.15) is 57.9 Å². The molecule has 0 saturated heterocycles. The van der Waals surface area contributed by atoms with Crippen LogP contribution in [0.5, 0.6) is 11.5 Å². The van der Waals surface area contributed by atoms with Gasteiger partial charge in [0.1, 0.15) is 0 Å². The molecule has 0 aliphatic heterocycles. The Morgan fingerprint density at radius 1 is 1.25 bits per heavy atom. The van der Waals surface area contributed by atoms with Gasteiger partial charge >= 0.3 is 0 Å². The summed E-state index contributed by atoms with van der Waals surface area (Å²) in [4.78, 5) is 12.3. The zero-order valence-electron chi connectivity index (χ0n) is 15.2. The molecule has 1 aromatic rings. The van der Waals surface area contributed by atoms with Crippen molar-refractivity contribution < 1.29 is 14.6 Å². The molecule has 0 radical (unpaired) electrons. The Morgan fingerprint density at radius 2 is 1.92 bits per heavy atom. The summed E-state index contributed by atoms with van der Waals surface area (Å²) in [7, 11) is 1.51. The number of aromatic hydroxyl groups is 1. The van der Waals surface area contributed by atoms with Gasteiger partial charge in [0, 0.05) is 6.04 Å². The van der Waals surface area contributed by atoms with E-state index in [0.717, 1.165) is 30.2 Å². The van der Waals surface area contributed by atoms with Crippen molar-refractivity contribution in [3.63, 3.8) is 0 Å². The minimum Gasteiger partial charge on any atom is -0.504 e. The Bertz CT molecular complexity index is 532. The van der Waals surface area contributed by atoms with Gasteiger partial charge in [0.05, 0.1) is 13.5 Å². The van der Waals surface area contributed by atoms with E-state index in [0.29, 0.717) is 18.2 Å². The molecule has 1 aromatic carbocycles. The second-order valence-corrected chi connectivity index (χ2v) is 6.94. The van der Waals surface area contributed by atoms with E-state index < -0.39 is 0 Å². The number of benzene rings is 1. The van der Waals surface area contributed by atoms with E-state index in [9.17, 15) is 9.90 Å². The largest absolute Gasteiger partial charge is 0.504 e. The maximum atomic E-state index is 12.3. The molecular weight excluding hydrogens is 302 g/mol. The van der Waals surface area contributed by atoms with Gasteiger partial charge in [-0.1, -0.05) is 32.8 Å². The van der Waals surface area contributed by atoms with Gasteiger partial charge in [-0.3, -0.25) is 4.79 Å². The van der Waals surface area contributed by atoms with Gasteiger partial charge in [0.2, 0.25) is 5.91 Å². The average molecular weight is 333 g/mol. The predicted octanol–water partition coefficient (Wildman–Crippen LogP) is 4.05. The van der Waals surface area contributed by atoms with Crippen LogP contribution < -0.4 is 10.1 Å². The minimum absolute atomic E-state index is 0.0497. The highest BCUT2D eigenvalue weighted by molar-refractivity contribution is 5.79. The summed E-state index contributed by atoms with van der Waals surface area (Å²) >= 11 is 0. The molecule has 0 aromatic heterocycles. The number of ether oxygens (including phenoxy) is 1. The quantitative estimate of drug-likeness (QED) is 0.791. The molecule has 1 saturated carbocycles. The van der Waals surface area contributed by atoms with Crippen molar-refractivity contribution in [2.24, 2.45) is 11.8 Å². The summed E-state index contributed by atoms with van der Waals surface area (Å²) in [5, 5.41) is 12.8. The van der Waals surface area contributed by atoms with Gasteiger partial charge in [-0.25, -0.2) is 0 Å². The van der Waals surface area contributed by atoms with E-state index in [2.05, 4.69) is 19.2 Å². The number of hydrogen-bond donors (Lipinski definition) is 2. The van der Waals surface area contributed by atoms with Gasteiger partial charge in [-0.15, -0.1) is 0 Å². The fourth-order valence-electron chi connectivity index (χ4n) is 3.99. The summed E-state index contributed by atoms with van der Waals surface area (Å²) in [5.41, 5.74) is 0.855. The topological polar surface area (TPSA) is 58.6 Å². The first-order valence-corrected chi connectivity index (χ1v) is 9.22. The lowest BCUT2D eigenvalue weighted by atomic mass is 9.76. The van der Waals surface area contributed by atoms with Gasteiger partial charge in [0.15, 0.2) is 11.5 Å². The lowest BCUT2D eigenvalue weighted by molar-refractivity contribution is -0.121. The third kappa shape index (κ3) is 4.89. The number of carbonyl (C=O) groups is 1. The van der Waals surface area contributed by atoms with Gasteiger partial charge in [-0.2, -0.15) is 0 Å². The van der Waals surface area contributed by atoms with Crippen molar-refractivity contribution >= 4 is 5.91 Å². The molecule has 0 heterocycles. The number of carbonyl (C=O) groups excluding carboxylic acids is 1. The Labute approximate surface area is 145 Å². The van der Waals surface area contributed by atoms with Crippen LogP contribution >= 0.6 is 0 Å². The van der Waals surface area contributed by atoms with E-state index in [4.69, 9.17) is 4.74 Å². The summed E-state index contributed by atoms with van der Waals surface area (Å²) in [6.07, 6.45) is 7.48. The Hall–Kier alpha value is -1.71. The highest BCUT2D eigenvalue weighted by Gasteiger charge is 2.26. The molecule has 4 nitrogen and oxygen atoms in total. The van der Waals surface area contributed by atoms with Crippen LogP contribution in [0.25, 0.3) is 0 Å². The molecule has 0 atom stereocenters. The normalized spacial score (nSPS) is 20.8. The molecular formula is C20H31NO3. The third-order valence-corrected chi connectivity index (χ3v) is 5.46. The van der Waals surface area contributed by atoms with E-state index in [1.54, 1.807) is 18.2 Å². The summed E-state index contributed by atoms with van der Waals surface area (Å²) in [5.74, 6) is 2.22. The standard InChI is InChI=1S/C20H31NO3/c1-4-15(5-2)16-7-9-17(10-8-16)21-20(23)13-14-6-11-18(22)19(12-14)24-3/h6,11-12,15-17,22H,4-5,7-10,13H2,1-3H3,(H,21,23)/t16-,17-. The van der Waals surface area contributed by atoms with Crippen molar-refractivity contribution in [1.82, 2.24) is 5.32 Å². The van der Waals surface area contributed by atoms with Crippen LogP contribution in [0, 0.1) is 11.8 Å². The van der Waals surface area contributed by atoms with E-state index in [1.165, 1.54) is 32.8 Å². The molecule has 24 heavy (non-hydrogen) atoms. The number of methoxy groups -OCH3 is 1. The number of phenols is 1. The maximum absolute atomic E-state index is 12.3. The van der Waals surface area contributed by atoms with Gasteiger partial charge in [0.25, 0.3) is 0 Å². The maximum Gasteiger partial charge on any atom is 0.224 e. The lowest BCUT2D eigenvalue weighted by Gasteiger charge is -2.33. The SMILES string of the molecule is CCC(CC)[C@H]1CC[C@H](NC(=O)Cc2ccc(O)c(OC)c2)CC1. The molecule has 134 valence electrons. The summed E-state index contributed by atoms with van der Waals surface area (Å²) in [6, 6.07) is 5.37. The first-order chi connectivity index (χ1) is 11.6. The molecule has 0 spiro atoms. The van der Waals surface area contributed by atoms with Gasteiger partial charge in [-0.05, 0) is 55.2 Å². The van der Waals surface area contributed by atoms with Crippen molar-refractivity contribution in [2.45, 2.75) is 64.8 Å². The van der Waals surface area contributed by atoms with Crippen LogP contribution in [0.3, 0.4) is 0 Å². The van der Waals surface area contributed by atoms with Crippen molar-refractivity contribution in [3.8, 4) is 11.5 Å². The van der Waals surface area contributed by atoms with Crippen LogP contribution in [0.15, 0.2) is 18.2 Å². The third-order valence-electron chi connectivity index (χ3n) is 5.46. The lowest BCUT2D eigenvalue weighted by Crippen LogP contribution is -2.39. The molecule has 1 aliphatic rings. The fraction of sp³-hybridized carbons (Fsp3) is 0.650. The molecule has 2 N–H and O–H groups in total. The number of rotatable bonds is 7. The second-order valence-electron chi connectivity index (χ2n) is 6.94. The first-order valence-electron chi connectivity index (χ1n) is 9.22. The molecule has 4 heteroatoms. The van der Waals surface area contributed by atoms with Crippen molar-refractivity contribution in [2.75, 3.05) is 7.11 Å². The number of amides is 1. The van der Waals surface area contributed by atoms with Crippen LogP contribution in [0.4, 0.5) is 0 Å². The fourth-order valence-corrected chi connectivity index (χ4v) is 3.99. The van der Waals surface area contributed by atoms with E-state index >= 15 is 0 Å². The Balaban J connectivity index is 1.81. The van der Waals surface area contributed by atoms with Crippen molar-refractivity contribution in [3.05, 3.63) is 23.8 Å². The smallest absolute Gasteiger partial charge is 0.224 e. The van der Waals surface area contributed by atoms with Crippen LogP contribution in [-0.2, 0) is 11.2 Å². The number of phenolic OH excluding ortho intramolecular Hbond substituents is 1. The molecule has 1 aliphatic carbocycles. The van der Waals surface area contributed by atoms with Crippen LogP contribution in [-0.4, -0.2) is 24.2 Å². The Kier molecular flexibility index (Phi) is 6.95. The average Bonchev–Trinajstić information content (AvgIpc) is 2.59. The van der Waals surface area contributed by atoms with E-state index in [1.807, 2.05) is 0 Å². The molecule has 0 bridgehead atoms. The van der Waals surface area contributed by atoms with E-state index in [-0.39, 0.29) is 11.7 Å². The van der Waals surface area contributed by atoms with Crippen molar-refractivity contribution in [1.29, 1.82) is 0 Å². The number of hydrogen-bond acceptors (Lipinski definition) is 3. The Morgan fingerprint density at radius 3 is 2.50 bits per heavy atom. The highest BCUT2D eigenvalue weighted by atomic mass is 16.5. The predicted molar refractivity (Wildman–Crippen MR) is 96.3 cm³/mol. The molecule has 2 rings (SSSR count). The molecule has 1 amide bonds. The summed E-state index contributed by atoms with van der Waals surface area (Å²) in [6.45, 7) is 4.57. The molecule has 0 unspecified atom stereocenters. The number of nitrogens with one attached hydrogen (secondary N) is 1. The summed E-state index contributed by atoms with van der Waals surface area (Å²) < 4.78 is 5.09. The zero-order valence-corrected chi connectivity index (χ0v) is 15.2. The van der Waals surface area contributed by atoms with Gasteiger partial charge < -0.3 is 15.2 Å². The second kappa shape index (κ2) is 8.95. The zero-order chi connectivity index (χ0) is 17.5.